The maximum absolute atomic E-state index is 11.9. The van der Waals surface area contributed by atoms with Crippen LogP contribution in [0, 0.1) is 0 Å². The maximum atomic E-state index is 11.9. The first-order valence-corrected chi connectivity index (χ1v) is 8.75. The van der Waals surface area contributed by atoms with Crippen LogP contribution < -0.4 is 15.5 Å². The van der Waals surface area contributed by atoms with Crippen LogP contribution in [-0.4, -0.2) is 46.0 Å². The van der Waals surface area contributed by atoms with Gasteiger partial charge in [-0.25, -0.2) is 4.79 Å². The van der Waals surface area contributed by atoms with E-state index in [1.165, 1.54) is 0 Å². The minimum absolute atomic E-state index is 0.342. The van der Waals surface area contributed by atoms with E-state index in [2.05, 4.69) is 10.4 Å². The molecule has 0 radical (unpaired) electrons. The molecule has 1 unspecified atom stereocenters. The van der Waals surface area contributed by atoms with Crippen molar-refractivity contribution in [3.63, 3.8) is 0 Å². The number of alkyl carbamates (subject to hydrolysis) is 1. The highest BCUT2D eigenvalue weighted by Gasteiger charge is 2.53. The highest BCUT2D eigenvalue weighted by Crippen LogP contribution is 2.37. The fraction of sp³-hybridized carbons (Fsp3) is 0.765. The molecule has 1 aliphatic rings. The minimum atomic E-state index is -0.638. The molecule has 0 bridgehead atoms. The topological polar surface area (TPSA) is 83.8 Å². The van der Waals surface area contributed by atoms with Gasteiger partial charge in [-0.15, -0.1) is 5.10 Å². The van der Waals surface area contributed by atoms with Crippen molar-refractivity contribution in [3.8, 4) is 5.88 Å². The third-order valence-corrected chi connectivity index (χ3v) is 4.34. The third-order valence-electron chi connectivity index (χ3n) is 4.34. The van der Waals surface area contributed by atoms with Crippen LogP contribution in [0.1, 0.15) is 55.4 Å². The Morgan fingerprint density at radius 1 is 1.27 bits per heavy atom. The monoisotopic (exact) mass is 367 g/mol. The number of rotatable bonds is 4. The summed E-state index contributed by atoms with van der Waals surface area (Å²) < 4.78 is 24.8. The number of nitrogens with one attached hydrogen (secondary N) is 1. The van der Waals surface area contributed by atoms with E-state index in [-0.39, 0.29) is 0 Å². The molecular formula is C17H30BN3O5. The van der Waals surface area contributed by atoms with E-state index >= 15 is 0 Å². The van der Waals surface area contributed by atoms with Crippen molar-refractivity contribution >= 4 is 18.7 Å². The molecule has 1 aromatic heterocycles. The molecule has 1 N–H and O–H groups in total. The summed E-state index contributed by atoms with van der Waals surface area (Å²) in [6.45, 7) is 15.0. The Morgan fingerprint density at radius 2 is 1.81 bits per heavy atom. The highest BCUT2D eigenvalue weighted by atomic mass is 16.7. The van der Waals surface area contributed by atoms with Crippen molar-refractivity contribution in [1.82, 2.24) is 15.1 Å². The molecule has 0 spiro atoms. The molecule has 1 aliphatic heterocycles. The van der Waals surface area contributed by atoms with E-state index in [1.807, 2.05) is 27.7 Å². The van der Waals surface area contributed by atoms with Gasteiger partial charge in [0.1, 0.15) is 5.60 Å². The van der Waals surface area contributed by atoms with Crippen molar-refractivity contribution in [2.24, 2.45) is 7.05 Å². The van der Waals surface area contributed by atoms with Crippen LogP contribution in [0.3, 0.4) is 0 Å². The minimum Gasteiger partial charge on any atom is -0.453 e. The van der Waals surface area contributed by atoms with Gasteiger partial charge in [0.25, 0.3) is 0 Å². The second kappa shape index (κ2) is 6.77. The lowest BCUT2D eigenvalue weighted by Gasteiger charge is -2.32. The van der Waals surface area contributed by atoms with Gasteiger partial charge in [0.2, 0.25) is 5.88 Å². The number of hydrogen-bond donors (Lipinski definition) is 1. The summed E-state index contributed by atoms with van der Waals surface area (Å²) in [4.78, 5) is 11.9. The smallest absolute Gasteiger partial charge is 0.453 e. The molecule has 0 aliphatic carbocycles. The molecule has 0 saturated carbocycles. The molecule has 2 heterocycles. The normalized spacial score (nSPS) is 20.0. The van der Waals surface area contributed by atoms with Gasteiger partial charge in [0.05, 0.1) is 16.7 Å². The number of nitrogens with zero attached hydrogens (tertiary/aromatic N) is 2. The number of amides is 1. The summed E-state index contributed by atoms with van der Waals surface area (Å²) in [6.07, 6.45) is 0.594. The van der Waals surface area contributed by atoms with Gasteiger partial charge in [0, 0.05) is 13.2 Å². The van der Waals surface area contributed by atoms with Gasteiger partial charge in [-0.1, -0.05) is 0 Å². The Balaban J connectivity index is 2.09. The molecular weight excluding hydrogens is 337 g/mol. The molecule has 1 atom stereocenters. The first-order valence-electron chi connectivity index (χ1n) is 8.75. The van der Waals surface area contributed by atoms with Crippen molar-refractivity contribution in [2.45, 2.75) is 78.4 Å². The Kier molecular flexibility index (Phi) is 5.36. The second-order valence-electron chi connectivity index (χ2n) is 8.56. The number of aromatic nitrogens is 2. The lowest BCUT2D eigenvalue weighted by Crippen LogP contribution is -2.42. The zero-order valence-electron chi connectivity index (χ0n) is 17.2. The zero-order chi connectivity index (χ0) is 19.9. The summed E-state index contributed by atoms with van der Waals surface area (Å²) in [7, 11) is 1.19. The second-order valence-corrected chi connectivity index (χ2v) is 8.56. The molecule has 2 rings (SSSR count). The average Bonchev–Trinajstić information content (AvgIpc) is 2.84. The fourth-order valence-electron chi connectivity index (χ4n) is 2.38. The van der Waals surface area contributed by atoms with Gasteiger partial charge in [0.15, 0.2) is 6.23 Å². The van der Waals surface area contributed by atoms with Crippen molar-refractivity contribution in [3.05, 3.63) is 6.20 Å². The molecule has 1 amide bonds. The Bertz CT molecular complexity index is 650. The van der Waals surface area contributed by atoms with Crippen molar-refractivity contribution < 1.29 is 23.6 Å². The van der Waals surface area contributed by atoms with Crippen LogP contribution in [0.15, 0.2) is 6.20 Å². The van der Waals surface area contributed by atoms with Gasteiger partial charge < -0.3 is 18.8 Å². The fourth-order valence-corrected chi connectivity index (χ4v) is 2.38. The van der Waals surface area contributed by atoms with Crippen molar-refractivity contribution in [2.75, 3.05) is 0 Å². The average molecular weight is 367 g/mol. The van der Waals surface area contributed by atoms with E-state index in [0.717, 1.165) is 0 Å². The van der Waals surface area contributed by atoms with E-state index in [1.54, 1.807) is 45.6 Å². The van der Waals surface area contributed by atoms with Crippen LogP contribution >= 0.6 is 0 Å². The molecule has 8 nitrogen and oxygen atoms in total. The number of aryl methyl sites for hydroxylation is 1. The van der Waals surface area contributed by atoms with Gasteiger partial charge in [-0.2, -0.15) is 0 Å². The first-order chi connectivity index (χ1) is 11.7. The van der Waals surface area contributed by atoms with Crippen LogP contribution in [0.5, 0.6) is 5.88 Å². The van der Waals surface area contributed by atoms with Gasteiger partial charge in [-0.3, -0.25) is 10.00 Å². The SMILES string of the molecule is CC(NC(=O)OC(C)(C)C)Oc1nn(C)cc1B1OC(C)(C)C(C)(C)O1. The summed E-state index contributed by atoms with van der Waals surface area (Å²) in [6, 6.07) is 0. The van der Waals surface area contributed by atoms with Crippen LogP contribution in [0.4, 0.5) is 4.79 Å². The van der Waals surface area contributed by atoms with E-state index in [0.29, 0.717) is 11.3 Å². The third kappa shape index (κ3) is 4.70. The predicted octanol–water partition coefficient (Wildman–Crippen LogP) is 1.97. The van der Waals surface area contributed by atoms with Crippen LogP contribution in [-0.2, 0) is 21.1 Å². The molecule has 0 aromatic carbocycles. The number of carbonyl (C=O) groups is 1. The molecule has 9 heteroatoms. The number of ether oxygens (including phenoxy) is 2. The first kappa shape index (κ1) is 20.6. The Morgan fingerprint density at radius 3 is 2.31 bits per heavy atom. The van der Waals surface area contributed by atoms with E-state index < -0.39 is 36.2 Å². The number of hydrogen-bond acceptors (Lipinski definition) is 6. The maximum Gasteiger partial charge on any atom is 0.502 e. The lowest BCUT2D eigenvalue weighted by atomic mass is 9.81. The molecule has 1 saturated heterocycles. The zero-order valence-corrected chi connectivity index (χ0v) is 17.2. The summed E-state index contributed by atoms with van der Waals surface area (Å²) in [5, 5.41) is 6.95. The van der Waals surface area contributed by atoms with E-state index in [9.17, 15) is 4.79 Å². The molecule has 1 fully saturated rings. The van der Waals surface area contributed by atoms with Gasteiger partial charge in [-0.05, 0) is 55.4 Å². The van der Waals surface area contributed by atoms with Gasteiger partial charge >= 0.3 is 13.2 Å². The summed E-state index contributed by atoms with van der Waals surface area (Å²) in [5.74, 6) is 0.342. The number of carbonyl (C=O) groups excluding carboxylic acids is 1. The Labute approximate surface area is 155 Å². The van der Waals surface area contributed by atoms with E-state index in [4.69, 9.17) is 18.8 Å². The summed E-state index contributed by atoms with van der Waals surface area (Å²) >= 11 is 0. The molecule has 1 aromatic rings. The molecule has 26 heavy (non-hydrogen) atoms. The van der Waals surface area contributed by atoms with Crippen molar-refractivity contribution in [1.29, 1.82) is 0 Å². The lowest BCUT2D eigenvalue weighted by molar-refractivity contribution is 0.00578. The van der Waals surface area contributed by atoms with Crippen LogP contribution in [0.25, 0.3) is 0 Å². The Hall–Kier alpha value is -1.74. The quantitative estimate of drug-likeness (QED) is 0.647. The largest absolute Gasteiger partial charge is 0.502 e. The standard InChI is InChI=1S/C17H30BN3O5/c1-11(19-14(22)24-15(2,3)4)23-13-12(10-21(9)20-13)18-25-16(5,6)17(7,8)26-18/h10-11H,1-9H3,(H,19,22). The summed E-state index contributed by atoms with van der Waals surface area (Å²) in [5.41, 5.74) is -0.845. The predicted molar refractivity (Wildman–Crippen MR) is 98.4 cm³/mol. The van der Waals surface area contributed by atoms with Crippen LogP contribution in [0.2, 0.25) is 0 Å². The highest BCUT2D eigenvalue weighted by molar-refractivity contribution is 6.63. The molecule has 146 valence electrons.